The van der Waals surface area contributed by atoms with E-state index in [1.165, 1.54) is 0 Å². The number of amides is 1. The Morgan fingerprint density at radius 2 is 2.14 bits per heavy atom. The molecule has 7 nitrogen and oxygen atoms in total. The highest BCUT2D eigenvalue weighted by Crippen LogP contribution is 2.35. The predicted octanol–water partition coefficient (Wildman–Crippen LogP) is 1.46. The van der Waals surface area contributed by atoms with E-state index in [4.69, 9.17) is 14.0 Å². The molecule has 0 bridgehead atoms. The summed E-state index contributed by atoms with van der Waals surface area (Å²) >= 11 is 0. The SMILES string of the molecule is O=C1CCC(c2nc(-c3ccc4c(c3)OCO4)no2)CN1. The third kappa shape index (κ3) is 2.20. The van der Waals surface area contributed by atoms with Crippen molar-refractivity contribution in [3.8, 4) is 22.9 Å². The second kappa shape index (κ2) is 4.76. The molecule has 1 saturated heterocycles. The molecule has 2 aliphatic rings. The van der Waals surface area contributed by atoms with Crippen molar-refractivity contribution in [3.05, 3.63) is 24.1 Å². The largest absolute Gasteiger partial charge is 0.454 e. The Bertz CT molecular complexity index is 687. The van der Waals surface area contributed by atoms with Crippen LogP contribution in [0.25, 0.3) is 11.4 Å². The van der Waals surface area contributed by atoms with Crippen molar-refractivity contribution in [1.29, 1.82) is 0 Å². The third-order valence-electron chi connectivity index (χ3n) is 3.69. The molecule has 7 heteroatoms. The molecule has 1 unspecified atom stereocenters. The lowest BCUT2D eigenvalue weighted by molar-refractivity contribution is -0.122. The summed E-state index contributed by atoms with van der Waals surface area (Å²) in [5, 5.41) is 6.82. The summed E-state index contributed by atoms with van der Waals surface area (Å²) in [7, 11) is 0. The molecule has 3 heterocycles. The fourth-order valence-corrected chi connectivity index (χ4v) is 2.50. The highest BCUT2D eigenvalue weighted by atomic mass is 16.7. The van der Waals surface area contributed by atoms with Crippen molar-refractivity contribution >= 4 is 5.91 Å². The molecule has 1 amide bonds. The Balaban J connectivity index is 1.58. The average molecular weight is 287 g/mol. The van der Waals surface area contributed by atoms with E-state index in [1.54, 1.807) is 0 Å². The number of piperidine rings is 1. The average Bonchev–Trinajstić information content (AvgIpc) is 3.16. The maximum absolute atomic E-state index is 11.2. The van der Waals surface area contributed by atoms with Gasteiger partial charge in [0.15, 0.2) is 11.5 Å². The fraction of sp³-hybridized carbons (Fsp3) is 0.357. The number of fused-ring (bicyclic) bond motifs is 1. The molecule has 0 saturated carbocycles. The number of ether oxygens (including phenoxy) is 2. The van der Waals surface area contributed by atoms with Crippen LogP contribution in [-0.2, 0) is 4.79 Å². The normalized spacial score (nSPS) is 20.4. The first-order chi connectivity index (χ1) is 10.3. The van der Waals surface area contributed by atoms with E-state index in [9.17, 15) is 4.79 Å². The minimum absolute atomic E-state index is 0.0711. The van der Waals surface area contributed by atoms with Gasteiger partial charge in [-0.05, 0) is 24.6 Å². The van der Waals surface area contributed by atoms with Crippen LogP contribution >= 0.6 is 0 Å². The number of nitrogens with one attached hydrogen (secondary N) is 1. The molecule has 0 radical (unpaired) electrons. The Hall–Kier alpha value is -2.57. The summed E-state index contributed by atoms with van der Waals surface area (Å²) in [6.45, 7) is 0.777. The maximum Gasteiger partial charge on any atom is 0.231 e. The summed E-state index contributed by atoms with van der Waals surface area (Å²) in [6, 6.07) is 5.53. The Kier molecular flexibility index (Phi) is 2.77. The van der Waals surface area contributed by atoms with Gasteiger partial charge in [0.05, 0.1) is 5.92 Å². The molecule has 108 valence electrons. The number of nitrogens with zero attached hydrogens (tertiary/aromatic N) is 2. The van der Waals surface area contributed by atoms with E-state index in [2.05, 4.69) is 15.5 Å². The van der Waals surface area contributed by atoms with Crippen LogP contribution in [0.5, 0.6) is 11.5 Å². The van der Waals surface area contributed by atoms with Crippen molar-refractivity contribution < 1.29 is 18.8 Å². The second-order valence-electron chi connectivity index (χ2n) is 5.06. The van der Waals surface area contributed by atoms with E-state index < -0.39 is 0 Å². The van der Waals surface area contributed by atoms with Crippen LogP contribution in [0.4, 0.5) is 0 Å². The van der Waals surface area contributed by atoms with E-state index >= 15 is 0 Å². The van der Waals surface area contributed by atoms with Gasteiger partial charge in [0.1, 0.15) is 0 Å². The Labute approximate surface area is 120 Å². The minimum atomic E-state index is 0.0711. The molecule has 2 aliphatic heterocycles. The van der Waals surface area contributed by atoms with Gasteiger partial charge in [-0.15, -0.1) is 0 Å². The summed E-state index contributed by atoms with van der Waals surface area (Å²) in [5.74, 6) is 2.63. The van der Waals surface area contributed by atoms with E-state index in [1.807, 2.05) is 18.2 Å². The van der Waals surface area contributed by atoms with Gasteiger partial charge in [0.25, 0.3) is 0 Å². The molecule has 1 aromatic carbocycles. The summed E-state index contributed by atoms with van der Waals surface area (Å²) in [4.78, 5) is 15.6. The van der Waals surface area contributed by atoms with Crippen LogP contribution in [0, 0.1) is 0 Å². The van der Waals surface area contributed by atoms with E-state index in [-0.39, 0.29) is 18.6 Å². The smallest absolute Gasteiger partial charge is 0.231 e. The van der Waals surface area contributed by atoms with Crippen molar-refractivity contribution in [3.63, 3.8) is 0 Å². The van der Waals surface area contributed by atoms with Gasteiger partial charge >= 0.3 is 0 Å². The number of carbonyl (C=O) groups excluding carboxylic acids is 1. The van der Waals surface area contributed by atoms with Gasteiger partial charge in [-0.25, -0.2) is 0 Å². The second-order valence-corrected chi connectivity index (χ2v) is 5.06. The van der Waals surface area contributed by atoms with Gasteiger partial charge in [-0.2, -0.15) is 4.98 Å². The quantitative estimate of drug-likeness (QED) is 0.899. The van der Waals surface area contributed by atoms with Crippen molar-refractivity contribution in [1.82, 2.24) is 15.5 Å². The summed E-state index contributed by atoms with van der Waals surface area (Å²) in [5.41, 5.74) is 0.814. The first-order valence-corrected chi connectivity index (χ1v) is 6.80. The predicted molar refractivity (Wildman–Crippen MR) is 70.8 cm³/mol. The van der Waals surface area contributed by atoms with Crippen molar-refractivity contribution in [2.45, 2.75) is 18.8 Å². The molecule has 4 rings (SSSR count). The first-order valence-electron chi connectivity index (χ1n) is 6.80. The number of carbonyl (C=O) groups is 1. The molecule has 0 aliphatic carbocycles. The van der Waals surface area contributed by atoms with Gasteiger partial charge in [0.2, 0.25) is 24.4 Å². The summed E-state index contributed by atoms with van der Waals surface area (Å²) < 4.78 is 15.9. The van der Waals surface area contributed by atoms with Crippen LogP contribution in [-0.4, -0.2) is 29.4 Å². The minimum Gasteiger partial charge on any atom is -0.454 e. The van der Waals surface area contributed by atoms with Crippen LogP contribution in [0.2, 0.25) is 0 Å². The standard InChI is InChI=1S/C14H13N3O4/c18-12-4-2-9(6-15-12)14-16-13(17-21-14)8-1-3-10-11(5-8)20-7-19-10/h1,3,5,9H,2,4,6-7H2,(H,15,18). The lowest BCUT2D eigenvalue weighted by Gasteiger charge is -2.18. The van der Waals surface area contributed by atoms with Gasteiger partial charge in [-0.1, -0.05) is 5.16 Å². The van der Waals surface area contributed by atoms with Gasteiger partial charge in [0, 0.05) is 18.5 Å². The molecule has 1 fully saturated rings. The molecule has 1 aromatic heterocycles. The molecular weight excluding hydrogens is 274 g/mol. The molecule has 1 N–H and O–H groups in total. The van der Waals surface area contributed by atoms with Gasteiger partial charge in [-0.3, -0.25) is 4.79 Å². The molecule has 21 heavy (non-hydrogen) atoms. The third-order valence-corrected chi connectivity index (χ3v) is 3.69. The number of aromatic nitrogens is 2. The van der Waals surface area contributed by atoms with Crippen LogP contribution in [0.15, 0.2) is 22.7 Å². The Morgan fingerprint density at radius 1 is 1.24 bits per heavy atom. The monoisotopic (exact) mass is 287 g/mol. The zero-order valence-corrected chi connectivity index (χ0v) is 11.2. The molecule has 2 aromatic rings. The molecule has 1 atom stereocenters. The van der Waals surface area contributed by atoms with Crippen molar-refractivity contribution in [2.24, 2.45) is 0 Å². The lowest BCUT2D eigenvalue weighted by Crippen LogP contribution is -2.33. The number of hydrogen-bond donors (Lipinski definition) is 1. The number of rotatable bonds is 2. The highest BCUT2D eigenvalue weighted by molar-refractivity contribution is 5.76. The zero-order chi connectivity index (χ0) is 14.2. The topological polar surface area (TPSA) is 86.5 Å². The zero-order valence-electron chi connectivity index (χ0n) is 11.2. The molecular formula is C14H13N3O4. The van der Waals surface area contributed by atoms with Crippen LogP contribution < -0.4 is 14.8 Å². The lowest BCUT2D eigenvalue weighted by atomic mass is 9.99. The Morgan fingerprint density at radius 3 is 3.00 bits per heavy atom. The summed E-state index contributed by atoms with van der Waals surface area (Å²) in [6.07, 6.45) is 1.22. The first kappa shape index (κ1) is 12.2. The van der Waals surface area contributed by atoms with E-state index in [0.717, 1.165) is 17.7 Å². The van der Waals surface area contributed by atoms with E-state index in [0.29, 0.717) is 30.4 Å². The van der Waals surface area contributed by atoms with Crippen LogP contribution in [0.3, 0.4) is 0 Å². The number of hydrogen-bond acceptors (Lipinski definition) is 6. The fourth-order valence-electron chi connectivity index (χ4n) is 2.50. The van der Waals surface area contributed by atoms with Gasteiger partial charge < -0.3 is 19.3 Å². The highest BCUT2D eigenvalue weighted by Gasteiger charge is 2.25. The van der Waals surface area contributed by atoms with Crippen LogP contribution in [0.1, 0.15) is 24.7 Å². The molecule has 0 spiro atoms. The maximum atomic E-state index is 11.2. The number of benzene rings is 1. The van der Waals surface area contributed by atoms with Crippen molar-refractivity contribution in [2.75, 3.05) is 13.3 Å².